The summed E-state index contributed by atoms with van der Waals surface area (Å²) in [4.78, 5) is 27.0. The third kappa shape index (κ3) is 3.22. The first-order chi connectivity index (χ1) is 8.40. The van der Waals surface area contributed by atoms with Gasteiger partial charge in [-0.05, 0) is 33.6 Å². The van der Waals surface area contributed by atoms with E-state index in [1.807, 2.05) is 20.8 Å². The molecule has 2 fully saturated rings. The lowest BCUT2D eigenvalue weighted by atomic mass is 10.2. The number of piperazine rings is 1. The topological polar surface area (TPSA) is 49.9 Å². The van der Waals surface area contributed by atoms with Gasteiger partial charge in [0, 0.05) is 25.7 Å². The predicted molar refractivity (Wildman–Crippen MR) is 67.4 cm³/mol. The molecular formula is C13H22N2O3. The molecule has 1 saturated carbocycles. The van der Waals surface area contributed by atoms with Crippen LogP contribution in [0.15, 0.2) is 0 Å². The zero-order valence-corrected chi connectivity index (χ0v) is 11.4. The van der Waals surface area contributed by atoms with Crippen LogP contribution in [0.3, 0.4) is 0 Å². The highest BCUT2D eigenvalue weighted by atomic mass is 16.6. The van der Waals surface area contributed by atoms with Crippen molar-refractivity contribution in [1.29, 1.82) is 0 Å². The average molecular weight is 254 g/mol. The third-order valence-corrected chi connectivity index (χ3v) is 3.30. The summed E-state index contributed by atoms with van der Waals surface area (Å²) in [5.74, 6) is 0. The van der Waals surface area contributed by atoms with E-state index < -0.39 is 5.60 Å². The molecule has 0 bridgehead atoms. The van der Waals surface area contributed by atoms with Crippen LogP contribution in [0, 0.1) is 0 Å². The molecule has 1 unspecified atom stereocenters. The monoisotopic (exact) mass is 254 g/mol. The number of rotatable bonds is 2. The number of aldehydes is 1. The summed E-state index contributed by atoms with van der Waals surface area (Å²) in [6.07, 6.45) is 2.92. The molecule has 0 aromatic heterocycles. The Kier molecular flexibility index (Phi) is 3.61. The highest BCUT2D eigenvalue weighted by Gasteiger charge is 2.38. The van der Waals surface area contributed by atoms with Gasteiger partial charge >= 0.3 is 6.09 Å². The number of amides is 1. The molecule has 2 aliphatic rings. The quantitative estimate of drug-likeness (QED) is 0.696. The number of hydrogen-bond acceptors (Lipinski definition) is 4. The van der Waals surface area contributed by atoms with Crippen molar-refractivity contribution in [3.05, 3.63) is 0 Å². The molecular weight excluding hydrogens is 232 g/mol. The van der Waals surface area contributed by atoms with Crippen LogP contribution >= 0.6 is 0 Å². The van der Waals surface area contributed by atoms with Crippen molar-refractivity contribution in [1.82, 2.24) is 9.80 Å². The molecule has 1 heterocycles. The lowest BCUT2D eigenvalue weighted by molar-refractivity contribution is -0.114. The van der Waals surface area contributed by atoms with Gasteiger partial charge in [-0.1, -0.05) is 0 Å². The first-order valence-electron chi connectivity index (χ1n) is 6.59. The molecule has 1 aliphatic carbocycles. The van der Waals surface area contributed by atoms with Gasteiger partial charge in [0.15, 0.2) is 0 Å². The Labute approximate surface area is 108 Å². The molecule has 0 aromatic carbocycles. The van der Waals surface area contributed by atoms with E-state index in [-0.39, 0.29) is 12.1 Å². The second-order valence-electron chi connectivity index (χ2n) is 6.10. The minimum absolute atomic E-state index is 0.366. The van der Waals surface area contributed by atoms with Crippen LogP contribution in [0.4, 0.5) is 4.79 Å². The van der Waals surface area contributed by atoms with Crippen molar-refractivity contribution < 1.29 is 14.3 Å². The van der Waals surface area contributed by atoms with Crippen molar-refractivity contribution in [2.24, 2.45) is 0 Å². The van der Waals surface area contributed by atoms with E-state index in [0.29, 0.717) is 19.1 Å². The number of carbonyl (C=O) groups excluding carboxylic acids is 2. The minimum atomic E-state index is -0.516. The fourth-order valence-electron chi connectivity index (χ4n) is 2.27. The van der Waals surface area contributed by atoms with E-state index >= 15 is 0 Å². The number of carbonyl (C=O) groups is 2. The largest absolute Gasteiger partial charge is 0.444 e. The fourth-order valence-corrected chi connectivity index (χ4v) is 2.27. The second kappa shape index (κ2) is 4.88. The molecule has 2 rings (SSSR count). The van der Waals surface area contributed by atoms with Crippen LogP contribution in [-0.4, -0.2) is 59.5 Å². The fraction of sp³-hybridized carbons (Fsp3) is 0.846. The third-order valence-electron chi connectivity index (χ3n) is 3.30. The normalized spacial score (nSPS) is 25.9. The van der Waals surface area contributed by atoms with Crippen LogP contribution < -0.4 is 0 Å². The van der Waals surface area contributed by atoms with E-state index in [2.05, 4.69) is 4.90 Å². The van der Waals surface area contributed by atoms with Crippen molar-refractivity contribution in [3.63, 3.8) is 0 Å². The zero-order valence-electron chi connectivity index (χ0n) is 11.4. The standard InChI is InChI=1S/C13H22N2O3/c1-13(2,3)18-12(17)15-7-6-14(10-4-5-10)8-11(15)9-16/h9-11H,4-8H2,1-3H3. The molecule has 0 N–H and O–H groups in total. The average Bonchev–Trinajstić information content (AvgIpc) is 3.09. The molecule has 1 saturated heterocycles. The van der Waals surface area contributed by atoms with Crippen LogP contribution in [0.5, 0.6) is 0 Å². The van der Waals surface area contributed by atoms with Crippen LogP contribution in [-0.2, 0) is 9.53 Å². The van der Waals surface area contributed by atoms with E-state index in [0.717, 1.165) is 12.8 Å². The van der Waals surface area contributed by atoms with Gasteiger partial charge in [-0.15, -0.1) is 0 Å². The molecule has 18 heavy (non-hydrogen) atoms. The predicted octanol–water partition coefficient (Wildman–Crippen LogP) is 1.27. The first kappa shape index (κ1) is 13.3. The van der Waals surface area contributed by atoms with Crippen molar-refractivity contribution in [3.8, 4) is 0 Å². The molecule has 0 spiro atoms. The number of nitrogens with zero attached hydrogens (tertiary/aromatic N) is 2. The molecule has 5 heteroatoms. The summed E-state index contributed by atoms with van der Waals surface area (Å²) in [7, 11) is 0. The van der Waals surface area contributed by atoms with E-state index in [1.165, 1.54) is 12.8 Å². The van der Waals surface area contributed by atoms with Crippen molar-refractivity contribution in [2.45, 2.75) is 51.3 Å². The molecule has 5 nitrogen and oxygen atoms in total. The van der Waals surface area contributed by atoms with E-state index in [1.54, 1.807) is 4.90 Å². The maximum atomic E-state index is 12.0. The summed E-state index contributed by atoms with van der Waals surface area (Å²) < 4.78 is 5.33. The summed E-state index contributed by atoms with van der Waals surface area (Å²) in [5.41, 5.74) is -0.516. The minimum Gasteiger partial charge on any atom is -0.444 e. The molecule has 0 aromatic rings. The Hall–Kier alpha value is -1.10. The maximum Gasteiger partial charge on any atom is 0.410 e. The summed E-state index contributed by atoms with van der Waals surface area (Å²) in [5, 5.41) is 0. The lowest BCUT2D eigenvalue weighted by Crippen LogP contribution is -2.57. The van der Waals surface area contributed by atoms with Gasteiger partial charge in [0.25, 0.3) is 0 Å². The Balaban J connectivity index is 1.95. The summed E-state index contributed by atoms with van der Waals surface area (Å²) in [6, 6.07) is 0.266. The number of hydrogen-bond donors (Lipinski definition) is 0. The van der Waals surface area contributed by atoms with E-state index in [9.17, 15) is 9.59 Å². The Morgan fingerprint density at radius 1 is 1.28 bits per heavy atom. The van der Waals surface area contributed by atoms with E-state index in [4.69, 9.17) is 4.74 Å². The highest BCUT2D eigenvalue weighted by Crippen LogP contribution is 2.28. The summed E-state index contributed by atoms with van der Waals surface area (Å²) in [6.45, 7) is 7.57. The van der Waals surface area contributed by atoms with Gasteiger partial charge in [0.1, 0.15) is 17.9 Å². The van der Waals surface area contributed by atoms with Gasteiger partial charge in [-0.25, -0.2) is 4.79 Å². The van der Waals surface area contributed by atoms with Gasteiger partial charge in [-0.3, -0.25) is 9.80 Å². The maximum absolute atomic E-state index is 12.0. The highest BCUT2D eigenvalue weighted by molar-refractivity contribution is 5.74. The Bertz CT molecular complexity index is 334. The zero-order chi connectivity index (χ0) is 13.3. The van der Waals surface area contributed by atoms with Gasteiger partial charge in [0.05, 0.1) is 0 Å². The van der Waals surface area contributed by atoms with Gasteiger partial charge in [-0.2, -0.15) is 0 Å². The molecule has 1 amide bonds. The lowest BCUT2D eigenvalue weighted by Gasteiger charge is -2.39. The first-order valence-corrected chi connectivity index (χ1v) is 6.59. The smallest absolute Gasteiger partial charge is 0.410 e. The van der Waals surface area contributed by atoms with Crippen LogP contribution in [0.25, 0.3) is 0 Å². The molecule has 102 valence electrons. The molecule has 1 atom stereocenters. The molecule has 1 aliphatic heterocycles. The SMILES string of the molecule is CC(C)(C)OC(=O)N1CCN(C2CC2)CC1C=O. The van der Waals surface area contributed by atoms with Crippen LogP contribution in [0.2, 0.25) is 0 Å². The Morgan fingerprint density at radius 2 is 1.94 bits per heavy atom. The van der Waals surface area contributed by atoms with Gasteiger partial charge in [0.2, 0.25) is 0 Å². The van der Waals surface area contributed by atoms with Gasteiger partial charge < -0.3 is 9.53 Å². The van der Waals surface area contributed by atoms with Crippen molar-refractivity contribution in [2.75, 3.05) is 19.6 Å². The Morgan fingerprint density at radius 3 is 2.44 bits per heavy atom. The molecule has 0 radical (unpaired) electrons. The second-order valence-corrected chi connectivity index (χ2v) is 6.10. The summed E-state index contributed by atoms with van der Waals surface area (Å²) >= 11 is 0. The number of ether oxygens (including phenoxy) is 1. The van der Waals surface area contributed by atoms with Crippen LogP contribution in [0.1, 0.15) is 33.6 Å². The van der Waals surface area contributed by atoms with Crippen molar-refractivity contribution >= 4 is 12.4 Å².